The van der Waals surface area contributed by atoms with Crippen LogP contribution in [0, 0.1) is 0 Å². The minimum Gasteiger partial charge on any atom is -0.345 e. The lowest BCUT2D eigenvalue weighted by Crippen LogP contribution is -2.44. The Morgan fingerprint density at radius 2 is 2.06 bits per heavy atom. The van der Waals surface area contributed by atoms with Crippen molar-refractivity contribution in [3.63, 3.8) is 0 Å². The minimum absolute atomic E-state index is 0.0602. The molecule has 0 radical (unpaired) electrons. The van der Waals surface area contributed by atoms with Gasteiger partial charge in [-0.3, -0.25) is 4.79 Å². The number of likely N-dealkylation sites (N-methyl/N-ethyl adjacent to an activating group) is 1. The molecule has 0 aromatic carbocycles. The zero-order valence-electron chi connectivity index (χ0n) is 10.4. The highest BCUT2D eigenvalue weighted by atomic mass is 32.2. The van der Waals surface area contributed by atoms with Gasteiger partial charge in [0.1, 0.15) is 0 Å². The van der Waals surface area contributed by atoms with Gasteiger partial charge in [-0.1, -0.05) is 6.92 Å². The number of hydrogen-bond donors (Lipinski definition) is 1. The van der Waals surface area contributed by atoms with E-state index in [1.165, 1.54) is 4.31 Å². The fourth-order valence-electron chi connectivity index (χ4n) is 1.89. The second-order valence-electron chi connectivity index (χ2n) is 4.31. The van der Waals surface area contributed by atoms with Gasteiger partial charge >= 0.3 is 0 Å². The molecule has 1 unspecified atom stereocenters. The van der Waals surface area contributed by atoms with E-state index in [0.29, 0.717) is 25.9 Å². The number of hydrogen-bond acceptors (Lipinski definition) is 4. The normalized spacial score (nSPS) is 21.4. The van der Waals surface area contributed by atoms with Gasteiger partial charge < -0.3 is 10.6 Å². The highest BCUT2D eigenvalue weighted by Crippen LogP contribution is 2.14. The molecule has 0 aromatic rings. The third-order valence-corrected chi connectivity index (χ3v) is 5.54. The summed E-state index contributed by atoms with van der Waals surface area (Å²) in [7, 11) is -1.75. The van der Waals surface area contributed by atoms with Crippen molar-refractivity contribution < 1.29 is 13.2 Å². The summed E-state index contributed by atoms with van der Waals surface area (Å²) >= 11 is 0. The molecule has 1 atom stereocenters. The Kier molecular flexibility index (Phi) is 4.91. The van der Waals surface area contributed by atoms with Gasteiger partial charge in [-0.05, 0) is 12.8 Å². The van der Waals surface area contributed by atoms with Gasteiger partial charge in [0.25, 0.3) is 0 Å². The maximum absolute atomic E-state index is 12.2. The smallest absolute Gasteiger partial charge is 0.237 e. The SMILES string of the molecule is CCC(CN)S(=O)(=O)N1CCCN(C)C(=O)C1. The number of rotatable bonds is 4. The van der Waals surface area contributed by atoms with E-state index >= 15 is 0 Å². The molecule has 0 spiro atoms. The van der Waals surface area contributed by atoms with Gasteiger partial charge in [-0.15, -0.1) is 0 Å². The fourth-order valence-corrected chi connectivity index (χ4v) is 3.65. The van der Waals surface area contributed by atoms with Crippen LogP contribution >= 0.6 is 0 Å². The number of carbonyl (C=O) groups is 1. The molecule has 2 N–H and O–H groups in total. The molecule has 1 saturated heterocycles. The maximum Gasteiger partial charge on any atom is 0.237 e. The van der Waals surface area contributed by atoms with Gasteiger partial charge in [0.15, 0.2) is 0 Å². The average Bonchev–Trinajstić information content (AvgIpc) is 2.43. The molecule has 1 heterocycles. The van der Waals surface area contributed by atoms with E-state index in [1.807, 2.05) is 0 Å². The molecular formula is C10H21N3O3S. The van der Waals surface area contributed by atoms with Crippen LogP contribution in [0.25, 0.3) is 0 Å². The van der Waals surface area contributed by atoms with Crippen molar-refractivity contribution >= 4 is 15.9 Å². The first kappa shape index (κ1) is 14.4. The zero-order chi connectivity index (χ0) is 13.1. The third kappa shape index (κ3) is 3.17. The Morgan fingerprint density at radius 1 is 1.41 bits per heavy atom. The summed E-state index contributed by atoms with van der Waals surface area (Å²) in [5.74, 6) is -0.155. The molecule has 17 heavy (non-hydrogen) atoms. The van der Waals surface area contributed by atoms with Crippen LogP contribution in [-0.2, 0) is 14.8 Å². The summed E-state index contributed by atoms with van der Waals surface area (Å²) < 4.78 is 25.7. The van der Waals surface area contributed by atoms with E-state index in [-0.39, 0.29) is 19.0 Å². The van der Waals surface area contributed by atoms with E-state index in [9.17, 15) is 13.2 Å². The highest BCUT2D eigenvalue weighted by Gasteiger charge is 2.33. The Bertz CT molecular complexity index is 365. The number of amides is 1. The second-order valence-corrected chi connectivity index (χ2v) is 6.53. The van der Waals surface area contributed by atoms with Crippen molar-refractivity contribution in [2.24, 2.45) is 5.73 Å². The Hall–Kier alpha value is -0.660. The molecule has 0 aromatic heterocycles. The zero-order valence-corrected chi connectivity index (χ0v) is 11.2. The molecule has 100 valence electrons. The lowest BCUT2D eigenvalue weighted by atomic mass is 10.3. The van der Waals surface area contributed by atoms with Crippen molar-refractivity contribution in [2.45, 2.75) is 25.0 Å². The predicted molar refractivity (Wildman–Crippen MR) is 65.9 cm³/mol. The summed E-state index contributed by atoms with van der Waals surface area (Å²) in [5, 5.41) is -0.585. The van der Waals surface area contributed by atoms with Crippen LogP contribution in [0.2, 0.25) is 0 Å². The minimum atomic E-state index is -3.44. The lowest BCUT2D eigenvalue weighted by Gasteiger charge is -2.24. The molecule has 0 bridgehead atoms. The van der Waals surface area contributed by atoms with Crippen LogP contribution in [0.15, 0.2) is 0 Å². The van der Waals surface area contributed by atoms with E-state index in [2.05, 4.69) is 0 Å². The number of nitrogens with zero attached hydrogens (tertiary/aromatic N) is 2. The molecule has 7 heteroatoms. The van der Waals surface area contributed by atoms with Crippen molar-refractivity contribution in [1.29, 1.82) is 0 Å². The maximum atomic E-state index is 12.2. The lowest BCUT2D eigenvalue weighted by molar-refractivity contribution is -0.129. The Labute approximate surface area is 103 Å². The first-order valence-corrected chi connectivity index (χ1v) is 7.36. The van der Waals surface area contributed by atoms with Crippen LogP contribution in [0.3, 0.4) is 0 Å². The fraction of sp³-hybridized carbons (Fsp3) is 0.900. The van der Waals surface area contributed by atoms with Gasteiger partial charge in [0.05, 0.1) is 11.8 Å². The van der Waals surface area contributed by atoms with Crippen molar-refractivity contribution in [1.82, 2.24) is 9.21 Å². The largest absolute Gasteiger partial charge is 0.345 e. The molecule has 6 nitrogen and oxygen atoms in total. The highest BCUT2D eigenvalue weighted by molar-refractivity contribution is 7.89. The molecule has 1 aliphatic heterocycles. The van der Waals surface area contributed by atoms with E-state index in [0.717, 1.165) is 0 Å². The average molecular weight is 263 g/mol. The second kappa shape index (κ2) is 5.79. The molecule has 0 saturated carbocycles. The van der Waals surface area contributed by atoms with Gasteiger partial charge in [0, 0.05) is 26.7 Å². The summed E-state index contributed by atoms with van der Waals surface area (Å²) in [6.45, 7) is 2.83. The van der Waals surface area contributed by atoms with Crippen molar-refractivity contribution in [3.8, 4) is 0 Å². The predicted octanol–water partition coefficient (Wildman–Crippen LogP) is -0.782. The number of nitrogens with two attached hydrogens (primary N) is 1. The summed E-state index contributed by atoms with van der Waals surface area (Å²) in [5.41, 5.74) is 5.48. The van der Waals surface area contributed by atoms with Crippen LogP contribution in [0.4, 0.5) is 0 Å². The summed E-state index contributed by atoms with van der Waals surface area (Å²) in [6, 6.07) is 0. The monoisotopic (exact) mass is 263 g/mol. The molecule has 1 aliphatic rings. The third-order valence-electron chi connectivity index (χ3n) is 3.14. The molecule has 1 rings (SSSR count). The standard InChI is InChI=1S/C10H21N3O3S/c1-3-9(7-11)17(15,16)13-6-4-5-12(2)10(14)8-13/h9H,3-8,11H2,1-2H3. The molecule has 1 amide bonds. The first-order valence-electron chi connectivity index (χ1n) is 5.86. The Balaban J connectivity index is 2.87. The van der Waals surface area contributed by atoms with Crippen LogP contribution < -0.4 is 5.73 Å². The van der Waals surface area contributed by atoms with E-state index in [4.69, 9.17) is 5.73 Å². The van der Waals surface area contributed by atoms with Gasteiger partial charge in [-0.25, -0.2) is 8.42 Å². The number of carbonyl (C=O) groups excluding carboxylic acids is 1. The van der Waals surface area contributed by atoms with Crippen LogP contribution in [-0.4, -0.2) is 62.0 Å². The first-order chi connectivity index (χ1) is 7.93. The van der Waals surface area contributed by atoms with E-state index < -0.39 is 15.3 Å². The Morgan fingerprint density at radius 3 is 2.59 bits per heavy atom. The van der Waals surface area contributed by atoms with Gasteiger partial charge in [0.2, 0.25) is 15.9 Å². The molecule has 0 aliphatic carbocycles. The van der Waals surface area contributed by atoms with Crippen molar-refractivity contribution in [2.75, 3.05) is 33.2 Å². The van der Waals surface area contributed by atoms with Crippen LogP contribution in [0.1, 0.15) is 19.8 Å². The van der Waals surface area contributed by atoms with Crippen molar-refractivity contribution in [3.05, 3.63) is 0 Å². The number of sulfonamides is 1. The quantitative estimate of drug-likeness (QED) is 0.721. The molecular weight excluding hydrogens is 242 g/mol. The summed E-state index contributed by atoms with van der Waals surface area (Å²) in [4.78, 5) is 13.2. The molecule has 1 fully saturated rings. The summed E-state index contributed by atoms with van der Waals surface area (Å²) in [6.07, 6.45) is 1.14. The van der Waals surface area contributed by atoms with E-state index in [1.54, 1.807) is 18.9 Å². The topological polar surface area (TPSA) is 83.7 Å². The van der Waals surface area contributed by atoms with Crippen LogP contribution in [0.5, 0.6) is 0 Å². The van der Waals surface area contributed by atoms with Gasteiger partial charge in [-0.2, -0.15) is 4.31 Å².